The second-order valence-corrected chi connectivity index (χ2v) is 6.20. The van der Waals surface area contributed by atoms with Crippen LogP contribution in [0.15, 0.2) is 57.7 Å². The van der Waals surface area contributed by atoms with E-state index in [0.29, 0.717) is 10.4 Å². The first-order valence-electron chi connectivity index (χ1n) is 7.24. The summed E-state index contributed by atoms with van der Waals surface area (Å²) in [6.45, 7) is 1.84. The zero-order chi connectivity index (χ0) is 17.3. The fourth-order valence-electron chi connectivity index (χ4n) is 2.41. The topological polar surface area (TPSA) is 59.3 Å². The maximum Gasteiger partial charge on any atom is 0.349 e. The Labute approximate surface area is 148 Å². The van der Waals surface area contributed by atoms with Crippen LogP contribution in [0.1, 0.15) is 28.9 Å². The maximum atomic E-state index is 12.4. The average Bonchev–Trinajstić information content (AvgIpc) is 2.55. The minimum Gasteiger partial charge on any atom is -0.421 e. The van der Waals surface area contributed by atoms with Gasteiger partial charge in [-0.1, -0.05) is 53.5 Å². The first kappa shape index (κ1) is 16.6. The van der Waals surface area contributed by atoms with Gasteiger partial charge >= 0.3 is 5.63 Å². The molecule has 4 nitrogen and oxygen atoms in total. The van der Waals surface area contributed by atoms with Crippen LogP contribution in [-0.2, 0) is 0 Å². The molecule has 1 heterocycles. The van der Waals surface area contributed by atoms with E-state index >= 15 is 0 Å². The number of halogens is 2. The molecule has 0 aliphatic carbocycles. The van der Waals surface area contributed by atoms with Crippen molar-refractivity contribution in [1.29, 1.82) is 0 Å². The van der Waals surface area contributed by atoms with Crippen LogP contribution in [0, 0.1) is 0 Å². The number of carbonyl (C=O) groups excluding carboxylic acids is 1. The lowest BCUT2D eigenvalue weighted by molar-refractivity contribution is 0.0936. The molecular formula is C18H13Cl2NO3. The van der Waals surface area contributed by atoms with Gasteiger partial charge in [0.1, 0.15) is 5.56 Å². The highest BCUT2D eigenvalue weighted by Gasteiger charge is 2.17. The fourth-order valence-corrected chi connectivity index (χ4v) is 2.96. The van der Waals surface area contributed by atoms with E-state index < -0.39 is 11.5 Å². The van der Waals surface area contributed by atoms with Crippen molar-refractivity contribution in [2.45, 2.75) is 13.0 Å². The molecule has 2 aromatic carbocycles. The van der Waals surface area contributed by atoms with Gasteiger partial charge in [-0.05, 0) is 30.7 Å². The number of hydrogen-bond acceptors (Lipinski definition) is 3. The molecule has 1 amide bonds. The number of hydrogen-bond donors (Lipinski definition) is 1. The molecule has 24 heavy (non-hydrogen) atoms. The second-order valence-electron chi connectivity index (χ2n) is 5.36. The van der Waals surface area contributed by atoms with Gasteiger partial charge in [0.25, 0.3) is 5.91 Å². The second kappa shape index (κ2) is 6.67. The lowest BCUT2D eigenvalue weighted by Gasteiger charge is -2.14. The van der Waals surface area contributed by atoms with Gasteiger partial charge in [-0.15, -0.1) is 0 Å². The van der Waals surface area contributed by atoms with Crippen LogP contribution in [0.2, 0.25) is 10.0 Å². The third kappa shape index (κ3) is 3.30. The molecule has 0 spiro atoms. The molecule has 0 saturated carbocycles. The molecule has 0 aliphatic rings. The number of amides is 1. The van der Waals surface area contributed by atoms with Crippen LogP contribution in [0.5, 0.6) is 0 Å². The molecule has 0 aliphatic heterocycles. The molecule has 0 saturated heterocycles. The zero-order valence-corrected chi connectivity index (χ0v) is 14.2. The molecule has 3 rings (SSSR count). The summed E-state index contributed by atoms with van der Waals surface area (Å²) in [4.78, 5) is 24.5. The van der Waals surface area contributed by atoms with Crippen LogP contribution >= 0.6 is 23.2 Å². The smallest absolute Gasteiger partial charge is 0.349 e. The van der Waals surface area contributed by atoms with Crippen molar-refractivity contribution >= 4 is 40.1 Å². The van der Waals surface area contributed by atoms with E-state index in [1.54, 1.807) is 6.07 Å². The Bertz CT molecular complexity index is 967. The number of nitrogens with one attached hydrogen (secondary N) is 1. The Kier molecular flexibility index (Phi) is 4.60. The summed E-state index contributed by atoms with van der Waals surface area (Å²) in [5.74, 6) is -0.516. The van der Waals surface area contributed by atoms with Gasteiger partial charge in [0.05, 0.1) is 11.1 Å². The Morgan fingerprint density at radius 1 is 1.12 bits per heavy atom. The quantitative estimate of drug-likeness (QED) is 0.694. The highest BCUT2D eigenvalue weighted by molar-refractivity contribution is 6.38. The van der Waals surface area contributed by atoms with Crippen molar-refractivity contribution in [2.24, 2.45) is 0 Å². The predicted molar refractivity (Wildman–Crippen MR) is 94.8 cm³/mol. The molecule has 6 heteroatoms. The maximum absolute atomic E-state index is 12.4. The third-order valence-corrected chi connectivity index (χ3v) is 4.14. The van der Waals surface area contributed by atoms with E-state index in [1.807, 2.05) is 37.3 Å². The molecule has 3 aromatic rings. The van der Waals surface area contributed by atoms with Crippen LogP contribution in [0.25, 0.3) is 11.0 Å². The Balaban J connectivity index is 1.95. The van der Waals surface area contributed by atoms with Gasteiger partial charge in [0.15, 0.2) is 5.58 Å². The molecule has 0 bridgehead atoms. The van der Waals surface area contributed by atoms with Gasteiger partial charge < -0.3 is 9.73 Å². The summed E-state index contributed by atoms with van der Waals surface area (Å²) in [6, 6.07) is 13.7. The van der Waals surface area contributed by atoms with Gasteiger partial charge in [0.2, 0.25) is 0 Å². The largest absolute Gasteiger partial charge is 0.421 e. The van der Waals surface area contributed by atoms with E-state index in [1.165, 1.54) is 12.1 Å². The van der Waals surface area contributed by atoms with Gasteiger partial charge in [0, 0.05) is 10.4 Å². The Morgan fingerprint density at radius 3 is 2.54 bits per heavy atom. The molecular weight excluding hydrogens is 349 g/mol. The third-order valence-electron chi connectivity index (χ3n) is 3.64. The SMILES string of the molecule is C[C@H](NC(=O)c1cc2cc(Cl)cc(Cl)c2oc1=O)c1ccccc1. The van der Waals surface area contributed by atoms with Crippen molar-refractivity contribution in [3.05, 3.63) is 80.1 Å². The van der Waals surface area contributed by atoms with Crippen LogP contribution in [-0.4, -0.2) is 5.91 Å². The van der Waals surface area contributed by atoms with E-state index in [0.717, 1.165) is 5.56 Å². The minimum absolute atomic E-state index is 0.0939. The van der Waals surface area contributed by atoms with Crippen molar-refractivity contribution in [2.75, 3.05) is 0 Å². The van der Waals surface area contributed by atoms with Crippen LogP contribution in [0.3, 0.4) is 0 Å². The molecule has 0 unspecified atom stereocenters. The monoisotopic (exact) mass is 361 g/mol. The van der Waals surface area contributed by atoms with Crippen molar-refractivity contribution in [3.63, 3.8) is 0 Å². The summed E-state index contributed by atoms with van der Waals surface area (Å²) in [7, 11) is 0. The summed E-state index contributed by atoms with van der Waals surface area (Å²) >= 11 is 12.0. The molecule has 0 radical (unpaired) electrons. The van der Waals surface area contributed by atoms with Crippen LogP contribution < -0.4 is 10.9 Å². The first-order valence-corrected chi connectivity index (χ1v) is 8.00. The summed E-state index contributed by atoms with van der Waals surface area (Å²) < 4.78 is 5.18. The summed E-state index contributed by atoms with van der Waals surface area (Å²) in [6.07, 6.45) is 0. The predicted octanol–water partition coefficient (Wildman–Crippen LogP) is 4.59. The molecule has 1 aromatic heterocycles. The number of rotatable bonds is 3. The first-order chi connectivity index (χ1) is 11.5. The highest BCUT2D eigenvalue weighted by atomic mass is 35.5. The van der Waals surface area contributed by atoms with Crippen molar-refractivity contribution in [3.8, 4) is 0 Å². The summed E-state index contributed by atoms with van der Waals surface area (Å²) in [5.41, 5.74) is 0.300. The highest BCUT2D eigenvalue weighted by Crippen LogP contribution is 2.27. The van der Waals surface area contributed by atoms with Gasteiger partial charge in [-0.25, -0.2) is 4.79 Å². The normalized spacial score (nSPS) is 12.1. The van der Waals surface area contributed by atoms with E-state index in [4.69, 9.17) is 27.6 Å². The van der Waals surface area contributed by atoms with E-state index in [9.17, 15) is 9.59 Å². The van der Waals surface area contributed by atoms with E-state index in [2.05, 4.69) is 5.32 Å². The molecule has 122 valence electrons. The standard InChI is InChI=1S/C18H13Cl2NO3/c1-10(11-5-3-2-4-6-11)21-17(22)14-8-12-7-13(19)9-15(20)16(12)24-18(14)23/h2-10H,1H3,(H,21,22)/t10-/m0/s1. The zero-order valence-electron chi connectivity index (χ0n) is 12.7. The molecule has 1 N–H and O–H groups in total. The number of benzene rings is 2. The van der Waals surface area contributed by atoms with Crippen molar-refractivity contribution in [1.82, 2.24) is 5.32 Å². The van der Waals surface area contributed by atoms with Crippen LogP contribution in [0.4, 0.5) is 0 Å². The van der Waals surface area contributed by atoms with Gasteiger partial charge in [-0.2, -0.15) is 0 Å². The Hall–Kier alpha value is -2.30. The number of fused-ring (bicyclic) bond motifs is 1. The van der Waals surface area contributed by atoms with Gasteiger partial charge in [-0.3, -0.25) is 4.79 Å². The average molecular weight is 362 g/mol. The summed E-state index contributed by atoms with van der Waals surface area (Å²) in [5, 5.41) is 3.89. The number of carbonyl (C=O) groups is 1. The Morgan fingerprint density at radius 2 is 1.83 bits per heavy atom. The van der Waals surface area contributed by atoms with E-state index in [-0.39, 0.29) is 22.2 Å². The molecule has 1 atom stereocenters. The minimum atomic E-state index is -0.746. The lowest BCUT2D eigenvalue weighted by Crippen LogP contribution is -2.30. The molecule has 0 fully saturated rings. The fraction of sp³-hybridized carbons (Fsp3) is 0.111. The lowest BCUT2D eigenvalue weighted by atomic mass is 10.1. The van der Waals surface area contributed by atoms with Crippen molar-refractivity contribution < 1.29 is 9.21 Å².